The highest BCUT2D eigenvalue weighted by Crippen LogP contribution is 2.34. The third kappa shape index (κ3) is 2.41. The maximum Gasteiger partial charge on any atom is 0.339 e. The number of thioether (sulfide) groups is 1. The smallest absolute Gasteiger partial charge is 0.339 e. The quantitative estimate of drug-likeness (QED) is 0.798. The zero-order valence-corrected chi connectivity index (χ0v) is 9.58. The number of hydrogen-bond acceptors (Lipinski definition) is 4. The number of hydrogen-bond donors (Lipinski definition) is 2. The molecule has 1 aromatic rings. The number of aliphatic carboxylic acids is 1. The molecule has 5 heteroatoms. The fraction of sp³-hybridized carbons (Fsp3) is 0.0833. The highest BCUT2D eigenvalue weighted by molar-refractivity contribution is 8.03. The number of rotatable bonds is 3. The predicted octanol–water partition coefficient (Wildman–Crippen LogP) is 1.90. The van der Waals surface area contributed by atoms with Crippen molar-refractivity contribution in [3.63, 3.8) is 0 Å². The first kappa shape index (κ1) is 11.5. The van der Waals surface area contributed by atoms with Crippen LogP contribution in [0.4, 0.5) is 5.69 Å². The Morgan fingerprint density at radius 3 is 2.65 bits per heavy atom. The standard InChI is InChI=1S/C12H9NO3S/c14-6-8-7-17-11(10(8)12(15)16)13-9-4-2-1-3-5-9/h1-5,13H,7H2,(H,15,16). The van der Waals surface area contributed by atoms with Crippen LogP contribution >= 0.6 is 11.8 Å². The molecule has 0 bridgehead atoms. The van der Waals surface area contributed by atoms with Gasteiger partial charge >= 0.3 is 5.97 Å². The van der Waals surface area contributed by atoms with E-state index in [1.165, 1.54) is 11.8 Å². The Morgan fingerprint density at radius 1 is 1.35 bits per heavy atom. The van der Waals surface area contributed by atoms with Gasteiger partial charge in [0.2, 0.25) is 0 Å². The van der Waals surface area contributed by atoms with Gasteiger partial charge in [0.25, 0.3) is 0 Å². The van der Waals surface area contributed by atoms with Gasteiger partial charge in [-0.15, -0.1) is 11.8 Å². The van der Waals surface area contributed by atoms with Crippen LogP contribution in [-0.2, 0) is 9.59 Å². The number of carbonyl (C=O) groups excluding carboxylic acids is 1. The third-order valence-electron chi connectivity index (χ3n) is 2.26. The number of anilines is 1. The Labute approximate surface area is 102 Å². The van der Waals surface area contributed by atoms with Crippen molar-refractivity contribution in [2.45, 2.75) is 0 Å². The largest absolute Gasteiger partial charge is 0.478 e. The van der Waals surface area contributed by atoms with Crippen LogP contribution in [0.2, 0.25) is 0 Å². The molecule has 4 nitrogen and oxygen atoms in total. The molecule has 0 unspecified atom stereocenters. The number of carbonyl (C=O) groups is 1. The van der Waals surface area contributed by atoms with Gasteiger partial charge in [-0.25, -0.2) is 9.59 Å². The van der Waals surface area contributed by atoms with E-state index in [1.54, 1.807) is 5.94 Å². The van der Waals surface area contributed by atoms with Gasteiger partial charge in [-0.2, -0.15) is 0 Å². The summed E-state index contributed by atoms with van der Waals surface area (Å²) >= 11 is 1.29. The third-order valence-corrected chi connectivity index (χ3v) is 3.29. The molecule has 0 amide bonds. The minimum Gasteiger partial charge on any atom is -0.478 e. The minimum atomic E-state index is -1.10. The van der Waals surface area contributed by atoms with E-state index in [4.69, 9.17) is 5.11 Å². The molecule has 17 heavy (non-hydrogen) atoms. The highest BCUT2D eigenvalue weighted by Gasteiger charge is 2.27. The predicted molar refractivity (Wildman–Crippen MR) is 66.4 cm³/mol. The number of benzene rings is 1. The lowest BCUT2D eigenvalue weighted by molar-refractivity contribution is -0.132. The summed E-state index contributed by atoms with van der Waals surface area (Å²) in [4.78, 5) is 21.7. The summed E-state index contributed by atoms with van der Waals surface area (Å²) in [6, 6.07) is 9.22. The first-order chi connectivity index (χ1) is 8.22. The summed E-state index contributed by atoms with van der Waals surface area (Å²) in [5.74, 6) is 0.921. The molecule has 0 radical (unpaired) electrons. The number of carboxylic acids is 1. The molecule has 0 saturated carbocycles. The van der Waals surface area contributed by atoms with Crippen LogP contribution in [-0.4, -0.2) is 22.8 Å². The summed E-state index contributed by atoms with van der Waals surface area (Å²) < 4.78 is 0. The first-order valence-corrected chi connectivity index (χ1v) is 5.87. The van der Waals surface area contributed by atoms with E-state index >= 15 is 0 Å². The monoisotopic (exact) mass is 247 g/mol. The van der Waals surface area contributed by atoms with E-state index in [0.717, 1.165) is 5.69 Å². The van der Waals surface area contributed by atoms with E-state index in [2.05, 4.69) is 5.32 Å². The van der Waals surface area contributed by atoms with Crippen molar-refractivity contribution in [2.24, 2.45) is 0 Å². The number of carboxylic acid groups (broad SMARTS) is 1. The van der Waals surface area contributed by atoms with Crippen molar-refractivity contribution in [3.8, 4) is 0 Å². The molecule has 0 aromatic heterocycles. The normalized spacial score (nSPS) is 14.7. The van der Waals surface area contributed by atoms with Gasteiger partial charge < -0.3 is 10.4 Å². The summed E-state index contributed by atoms with van der Waals surface area (Å²) in [6.45, 7) is 0. The Morgan fingerprint density at radius 2 is 2.06 bits per heavy atom. The van der Waals surface area contributed by atoms with Crippen molar-refractivity contribution >= 4 is 29.4 Å². The number of para-hydroxylation sites is 1. The second-order valence-electron chi connectivity index (χ2n) is 3.37. The lowest BCUT2D eigenvalue weighted by Gasteiger charge is -2.06. The molecule has 1 heterocycles. The van der Waals surface area contributed by atoms with Crippen LogP contribution in [0, 0.1) is 0 Å². The van der Waals surface area contributed by atoms with Crippen molar-refractivity contribution in [1.29, 1.82) is 0 Å². The maximum atomic E-state index is 11.1. The summed E-state index contributed by atoms with van der Waals surface area (Å²) in [5.41, 5.74) is 1.01. The summed E-state index contributed by atoms with van der Waals surface area (Å²) in [7, 11) is 0. The summed E-state index contributed by atoms with van der Waals surface area (Å²) in [6.07, 6.45) is 0. The zero-order valence-electron chi connectivity index (χ0n) is 8.77. The van der Waals surface area contributed by atoms with E-state index in [1.807, 2.05) is 30.3 Å². The van der Waals surface area contributed by atoms with Gasteiger partial charge in [0.15, 0.2) is 0 Å². The van der Waals surface area contributed by atoms with Crippen LogP contribution in [0.3, 0.4) is 0 Å². The van der Waals surface area contributed by atoms with Gasteiger partial charge in [0.1, 0.15) is 11.5 Å². The Balaban J connectivity index is 2.34. The zero-order chi connectivity index (χ0) is 12.3. The van der Waals surface area contributed by atoms with Gasteiger partial charge in [0, 0.05) is 11.4 Å². The topological polar surface area (TPSA) is 66.4 Å². The highest BCUT2D eigenvalue weighted by atomic mass is 32.2. The van der Waals surface area contributed by atoms with Gasteiger partial charge in [-0.1, -0.05) is 18.2 Å². The molecule has 0 saturated heterocycles. The molecule has 0 atom stereocenters. The Hall–Kier alpha value is -1.97. The molecule has 0 spiro atoms. The van der Waals surface area contributed by atoms with E-state index in [0.29, 0.717) is 10.8 Å². The maximum absolute atomic E-state index is 11.1. The molecular weight excluding hydrogens is 238 g/mol. The van der Waals surface area contributed by atoms with Crippen molar-refractivity contribution in [1.82, 2.24) is 0 Å². The van der Waals surface area contributed by atoms with E-state index in [9.17, 15) is 9.59 Å². The van der Waals surface area contributed by atoms with Crippen molar-refractivity contribution in [3.05, 3.63) is 46.5 Å². The molecule has 2 N–H and O–H groups in total. The van der Waals surface area contributed by atoms with E-state index in [-0.39, 0.29) is 11.1 Å². The second kappa shape index (κ2) is 4.91. The lowest BCUT2D eigenvalue weighted by Crippen LogP contribution is -2.06. The van der Waals surface area contributed by atoms with Crippen LogP contribution < -0.4 is 5.32 Å². The van der Waals surface area contributed by atoms with Crippen LogP contribution in [0.15, 0.2) is 46.5 Å². The van der Waals surface area contributed by atoms with Crippen LogP contribution in [0.1, 0.15) is 0 Å². The fourth-order valence-corrected chi connectivity index (χ4v) is 2.52. The molecule has 0 aliphatic carbocycles. The van der Waals surface area contributed by atoms with Gasteiger partial charge in [0.05, 0.1) is 10.6 Å². The molecule has 1 aliphatic rings. The molecule has 2 rings (SSSR count). The minimum absolute atomic E-state index is 0.0221. The first-order valence-electron chi connectivity index (χ1n) is 4.89. The van der Waals surface area contributed by atoms with E-state index < -0.39 is 5.97 Å². The number of nitrogens with one attached hydrogen (secondary N) is 1. The lowest BCUT2D eigenvalue weighted by atomic mass is 10.1. The Kier molecular flexibility index (Phi) is 3.32. The van der Waals surface area contributed by atoms with Gasteiger partial charge in [-0.3, -0.25) is 0 Å². The molecule has 86 valence electrons. The molecule has 1 aromatic carbocycles. The SMILES string of the molecule is O=C=C1CSC(Nc2ccccc2)=C1C(=O)O. The molecule has 0 fully saturated rings. The molecular formula is C12H9NO3S. The van der Waals surface area contributed by atoms with Crippen molar-refractivity contribution in [2.75, 3.05) is 11.1 Å². The summed E-state index contributed by atoms with van der Waals surface area (Å²) in [5, 5.41) is 12.5. The average molecular weight is 247 g/mol. The van der Waals surface area contributed by atoms with Crippen molar-refractivity contribution < 1.29 is 14.7 Å². The average Bonchev–Trinajstić information content (AvgIpc) is 2.73. The second-order valence-corrected chi connectivity index (χ2v) is 4.36. The Bertz CT molecular complexity index is 530. The molecule has 1 aliphatic heterocycles. The van der Waals surface area contributed by atoms with Gasteiger partial charge in [-0.05, 0) is 12.1 Å². The van der Waals surface area contributed by atoms with Crippen LogP contribution in [0.25, 0.3) is 0 Å². The fourth-order valence-electron chi connectivity index (χ4n) is 1.48. The van der Waals surface area contributed by atoms with Crippen LogP contribution in [0.5, 0.6) is 0 Å².